The van der Waals surface area contributed by atoms with Gasteiger partial charge in [0.15, 0.2) is 0 Å². The molecule has 12 heavy (non-hydrogen) atoms. The molecule has 0 radical (unpaired) electrons. The monoisotopic (exact) mass is 167 g/mol. The van der Waals surface area contributed by atoms with Crippen molar-refractivity contribution in [2.24, 2.45) is 10.9 Å². The molecule has 0 heterocycles. The summed E-state index contributed by atoms with van der Waals surface area (Å²) < 4.78 is 0. The number of aliphatic hydroxyl groups is 1. The molecular weight excluding hydrogens is 154 g/mol. The Morgan fingerprint density at radius 1 is 1.42 bits per heavy atom. The zero-order valence-electron chi connectivity index (χ0n) is 6.99. The van der Waals surface area contributed by atoms with Crippen LogP contribution in [0.4, 0.5) is 0 Å². The Morgan fingerprint density at radius 3 is 2.42 bits per heavy atom. The van der Waals surface area contributed by atoms with Crippen LogP contribution in [-0.4, -0.2) is 22.8 Å². The van der Waals surface area contributed by atoms with Gasteiger partial charge in [-0.05, 0) is 31.6 Å². The smallest absolute Gasteiger partial charge is 0.235 e. The molecular formula is C9H13NO2. The number of hydrogen-bond acceptors (Lipinski definition) is 3. The molecule has 0 aromatic heterocycles. The van der Waals surface area contributed by atoms with Gasteiger partial charge in [0, 0.05) is 0 Å². The van der Waals surface area contributed by atoms with Crippen LogP contribution in [0.15, 0.2) is 4.99 Å². The molecule has 0 unspecified atom stereocenters. The van der Waals surface area contributed by atoms with Crippen molar-refractivity contribution in [3.05, 3.63) is 0 Å². The Bertz CT molecular complexity index is 223. The molecule has 0 amide bonds. The average Bonchev–Trinajstić information content (AvgIpc) is 1.80. The molecule has 0 aliphatic heterocycles. The molecule has 0 bridgehead atoms. The van der Waals surface area contributed by atoms with Crippen LogP contribution >= 0.6 is 0 Å². The van der Waals surface area contributed by atoms with Gasteiger partial charge < -0.3 is 5.11 Å². The van der Waals surface area contributed by atoms with Crippen LogP contribution in [0.25, 0.3) is 0 Å². The molecule has 2 aliphatic rings. The SMILES string of the molecule is O=C=NC1(C2CCC2)CC(O)C1. The number of carbonyl (C=O) groups excluding carboxylic acids is 1. The molecule has 0 aromatic carbocycles. The van der Waals surface area contributed by atoms with E-state index in [9.17, 15) is 9.90 Å². The normalized spacial score (nSPS) is 40.9. The van der Waals surface area contributed by atoms with Crippen LogP contribution in [0.1, 0.15) is 32.1 Å². The summed E-state index contributed by atoms with van der Waals surface area (Å²) in [5.74, 6) is 0.544. The van der Waals surface area contributed by atoms with Gasteiger partial charge in [0.25, 0.3) is 0 Å². The summed E-state index contributed by atoms with van der Waals surface area (Å²) in [7, 11) is 0. The zero-order chi connectivity index (χ0) is 8.60. The third-order valence-electron chi connectivity index (χ3n) is 3.31. The Kier molecular flexibility index (Phi) is 1.78. The van der Waals surface area contributed by atoms with E-state index in [0.717, 1.165) is 12.8 Å². The minimum atomic E-state index is -0.234. The third-order valence-corrected chi connectivity index (χ3v) is 3.31. The van der Waals surface area contributed by atoms with E-state index in [1.165, 1.54) is 6.42 Å². The fourth-order valence-corrected chi connectivity index (χ4v) is 2.31. The Morgan fingerprint density at radius 2 is 2.08 bits per heavy atom. The summed E-state index contributed by atoms with van der Waals surface area (Å²) in [5.41, 5.74) is -0.209. The van der Waals surface area contributed by atoms with Gasteiger partial charge in [0.1, 0.15) is 0 Å². The Balaban J connectivity index is 2.07. The summed E-state index contributed by atoms with van der Waals surface area (Å²) in [4.78, 5) is 14.1. The molecule has 0 saturated heterocycles. The quantitative estimate of drug-likeness (QED) is 0.493. The van der Waals surface area contributed by atoms with Crippen LogP contribution in [0.5, 0.6) is 0 Å². The highest BCUT2D eigenvalue weighted by molar-refractivity contribution is 5.36. The maximum atomic E-state index is 10.2. The predicted octanol–water partition coefficient (Wildman–Crippen LogP) is 1.02. The lowest BCUT2D eigenvalue weighted by molar-refractivity contribution is -0.0275. The number of rotatable bonds is 2. The van der Waals surface area contributed by atoms with E-state index < -0.39 is 0 Å². The highest BCUT2D eigenvalue weighted by Crippen LogP contribution is 2.49. The number of hydrogen-bond donors (Lipinski definition) is 1. The van der Waals surface area contributed by atoms with Crippen molar-refractivity contribution in [2.45, 2.75) is 43.7 Å². The first-order valence-electron chi connectivity index (χ1n) is 4.54. The summed E-state index contributed by atoms with van der Waals surface area (Å²) in [6.45, 7) is 0. The van der Waals surface area contributed by atoms with Crippen molar-refractivity contribution in [3.8, 4) is 0 Å². The molecule has 2 rings (SSSR count). The summed E-state index contributed by atoms with van der Waals surface area (Å²) >= 11 is 0. The molecule has 0 atom stereocenters. The van der Waals surface area contributed by atoms with Crippen LogP contribution in [-0.2, 0) is 4.79 Å². The number of isocyanates is 1. The van der Waals surface area contributed by atoms with E-state index in [4.69, 9.17) is 0 Å². The van der Waals surface area contributed by atoms with Crippen LogP contribution in [0, 0.1) is 5.92 Å². The number of aliphatic imine (C=N–C) groups is 1. The van der Waals surface area contributed by atoms with E-state index in [2.05, 4.69) is 4.99 Å². The second kappa shape index (κ2) is 2.68. The number of nitrogens with zero attached hydrogens (tertiary/aromatic N) is 1. The fraction of sp³-hybridized carbons (Fsp3) is 0.889. The summed E-state index contributed by atoms with van der Waals surface area (Å²) in [6.07, 6.45) is 6.33. The lowest BCUT2D eigenvalue weighted by atomic mass is 9.60. The van der Waals surface area contributed by atoms with Crippen LogP contribution in [0.2, 0.25) is 0 Å². The second-order valence-electron chi connectivity index (χ2n) is 4.00. The fourth-order valence-electron chi connectivity index (χ4n) is 2.31. The molecule has 3 nitrogen and oxygen atoms in total. The van der Waals surface area contributed by atoms with Crippen molar-refractivity contribution < 1.29 is 9.90 Å². The molecule has 2 aliphatic carbocycles. The van der Waals surface area contributed by atoms with E-state index in [-0.39, 0.29) is 11.6 Å². The molecule has 0 aromatic rings. The van der Waals surface area contributed by atoms with Gasteiger partial charge in [-0.15, -0.1) is 0 Å². The van der Waals surface area contributed by atoms with Gasteiger partial charge in [-0.25, -0.2) is 4.79 Å². The average molecular weight is 167 g/mol. The molecule has 1 N–H and O–H groups in total. The van der Waals surface area contributed by atoms with Crippen molar-refractivity contribution >= 4 is 6.08 Å². The van der Waals surface area contributed by atoms with Crippen LogP contribution < -0.4 is 0 Å². The van der Waals surface area contributed by atoms with Crippen LogP contribution in [0.3, 0.4) is 0 Å². The molecule has 2 fully saturated rings. The standard InChI is InChI=1S/C9H13NO2/c11-6-10-9(4-8(12)5-9)7-2-1-3-7/h7-8,12H,1-5H2. The number of aliphatic hydroxyl groups excluding tert-OH is 1. The zero-order valence-corrected chi connectivity index (χ0v) is 6.99. The first-order valence-corrected chi connectivity index (χ1v) is 4.54. The lowest BCUT2D eigenvalue weighted by Gasteiger charge is -2.49. The predicted molar refractivity (Wildman–Crippen MR) is 43.4 cm³/mol. The topological polar surface area (TPSA) is 49.7 Å². The van der Waals surface area contributed by atoms with Gasteiger partial charge in [-0.2, -0.15) is 4.99 Å². The molecule has 0 spiro atoms. The Labute approximate surface area is 71.5 Å². The van der Waals surface area contributed by atoms with Crippen molar-refractivity contribution in [3.63, 3.8) is 0 Å². The van der Waals surface area contributed by atoms with Crippen molar-refractivity contribution in [1.29, 1.82) is 0 Å². The maximum absolute atomic E-state index is 10.2. The first-order chi connectivity index (χ1) is 5.77. The lowest BCUT2D eigenvalue weighted by Crippen LogP contribution is -2.53. The minimum absolute atomic E-state index is 0.209. The van der Waals surface area contributed by atoms with Gasteiger partial charge in [-0.3, -0.25) is 0 Å². The maximum Gasteiger partial charge on any atom is 0.235 e. The van der Waals surface area contributed by atoms with Gasteiger partial charge in [0.05, 0.1) is 11.6 Å². The summed E-state index contributed by atoms with van der Waals surface area (Å²) in [5, 5.41) is 9.19. The second-order valence-corrected chi connectivity index (χ2v) is 4.00. The summed E-state index contributed by atoms with van der Waals surface area (Å²) in [6, 6.07) is 0. The third kappa shape index (κ3) is 1.01. The highest BCUT2D eigenvalue weighted by atomic mass is 16.3. The van der Waals surface area contributed by atoms with E-state index >= 15 is 0 Å². The van der Waals surface area contributed by atoms with Gasteiger partial charge in [-0.1, -0.05) is 6.42 Å². The van der Waals surface area contributed by atoms with Gasteiger partial charge >= 0.3 is 0 Å². The molecule has 3 heteroatoms. The van der Waals surface area contributed by atoms with E-state index in [1.54, 1.807) is 6.08 Å². The molecule has 66 valence electrons. The highest BCUT2D eigenvalue weighted by Gasteiger charge is 2.51. The van der Waals surface area contributed by atoms with Crippen molar-refractivity contribution in [1.82, 2.24) is 0 Å². The minimum Gasteiger partial charge on any atom is -0.393 e. The molecule has 2 saturated carbocycles. The Hall–Kier alpha value is -0.660. The first kappa shape index (κ1) is 7.96. The van der Waals surface area contributed by atoms with Crippen molar-refractivity contribution in [2.75, 3.05) is 0 Å². The largest absolute Gasteiger partial charge is 0.393 e. The van der Waals surface area contributed by atoms with Gasteiger partial charge in [0.2, 0.25) is 6.08 Å². The van der Waals surface area contributed by atoms with E-state index in [0.29, 0.717) is 18.8 Å². The van der Waals surface area contributed by atoms with E-state index in [1.807, 2.05) is 0 Å².